The Hall–Kier alpha value is -4.24. The molecule has 0 aromatic heterocycles. The monoisotopic (exact) mass is 687 g/mol. The number of rotatable bonds is 4. The second-order valence-electron chi connectivity index (χ2n) is 11.2. The maximum atomic E-state index is 15.1. The van der Waals surface area contributed by atoms with Crippen molar-refractivity contribution in [2.45, 2.75) is 35.4 Å². The molecule has 3 fully saturated rings. The Kier molecular flexibility index (Phi) is 7.17. The smallest absolute Gasteiger partial charge is 0.328 e. The first kappa shape index (κ1) is 31.7. The van der Waals surface area contributed by atoms with Crippen molar-refractivity contribution in [3.8, 4) is 11.5 Å². The van der Waals surface area contributed by atoms with Crippen LogP contribution in [0.4, 0.5) is 32.4 Å². The minimum atomic E-state index is -2.83. The topological polar surface area (TPSA) is 147 Å². The molecule has 0 spiro atoms. The van der Waals surface area contributed by atoms with Crippen molar-refractivity contribution in [1.82, 2.24) is 4.90 Å². The van der Waals surface area contributed by atoms with Crippen LogP contribution >= 0.6 is 23.2 Å². The number of allylic oxidation sites excluding steroid dienone is 2. The summed E-state index contributed by atoms with van der Waals surface area (Å²) in [6.07, 6.45) is 0.410. The lowest BCUT2D eigenvalue weighted by atomic mass is 9.56. The number of carbonyl (C=O) groups is 5. The Morgan fingerprint density at radius 2 is 1.59 bits per heavy atom. The number of nitrogens with two attached hydrogens (primary N) is 1. The maximum absolute atomic E-state index is 15.1. The fourth-order valence-electron chi connectivity index (χ4n) is 7.17. The van der Waals surface area contributed by atoms with Crippen molar-refractivity contribution in [2.24, 2.45) is 23.5 Å². The van der Waals surface area contributed by atoms with E-state index in [-0.39, 0.29) is 39.7 Å². The van der Waals surface area contributed by atoms with E-state index >= 15 is 8.78 Å². The van der Waals surface area contributed by atoms with Gasteiger partial charge in [0.05, 0.1) is 18.4 Å². The van der Waals surface area contributed by atoms with Gasteiger partial charge in [0, 0.05) is 11.5 Å². The molecule has 6 atom stereocenters. The molecule has 2 heterocycles. The number of aromatic hydroxyl groups is 1. The lowest BCUT2D eigenvalue weighted by Gasteiger charge is -2.50. The Bertz CT molecular complexity index is 1810. The van der Waals surface area contributed by atoms with Crippen LogP contribution in [-0.2, 0) is 19.2 Å². The number of alkyl halides is 2. The summed E-state index contributed by atoms with van der Waals surface area (Å²) in [6.45, 7) is 1.64. The van der Waals surface area contributed by atoms with Gasteiger partial charge in [-0.15, -0.1) is 23.2 Å². The molecule has 10 nitrogen and oxygen atoms in total. The van der Waals surface area contributed by atoms with Crippen LogP contribution < -0.4 is 15.4 Å². The summed E-state index contributed by atoms with van der Waals surface area (Å²) < 4.78 is 78.1. The Morgan fingerprint density at radius 3 is 2.17 bits per heavy atom. The normalized spacial score (nSPS) is 30.3. The molecule has 2 aliphatic carbocycles. The van der Waals surface area contributed by atoms with E-state index in [0.29, 0.717) is 0 Å². The van der Waals surface area contributed by atoms with E-state index < -0.39 is 110 Å². The van der Waals surface area contributed by atoms with E-state index in [9.17, 15) is 42.3 Å². The number of fused-ring (bicyclic) bond motifs is 4. The Labute approximate surface area is 265 Å². The molecule has 2 aromatic rings. The Morgan fingerprint density at radius 1 is 0.978 bits per heavy atom. The van der Waals surface area contributed by atoms with Crippen LogP contribution in [0.3, 0.4) is 0 Å². The lowest BCUT2D eigenvalue weighted by molar-refractivity contribution is -0.136. The SMILES string of the molecule is CCOc1cccc([C@H]2C3=CC[C@@H]4C(=O)N(C(N)=O)C(=O)[C@@H]4[C@@H]3C[C@@]3(Cl)C(=O)N(c4c(F)c(F)c(F)c(F)c4F)C(=O)[C@@]23Cl)c1O. The number of imide groups is 4. The van der Waals surface area contributed by atoms with Crippen molar-refractivity contribution in [3.63, 3.8) is 0 Å². The molecule has 6 rings (SSSR count). The summed E-state index contributed by atoms with van der Waals surface area (Å²) in [4.78, 5) is 61.1. The van der Waals surface area contributed by atoms with Gasteiger partial charge in [-0.05, 0) is 31.7 Å². The first-order valence-electron chi connectivity index (χ1n) is 13.7. The van der Waals surface area contributed by atoms with Crippen molar-refractivity contribution < 1.29 is 55.8 Å². The van der Waals surface area contributed by atoms with Gasteiger partial charge in [-0.3, -0.25) is 19.2 Å². The molecule has 2 aliphatic heterocycles. The average molecular weight is 688 g/mol. The fourth-order valence-corrected chi connectivity index (χ4v) is 8.10. The van der Waals surface area contributed by atoms with Gasteiger partial charge in [0.2, 0.25) is 17.6 Å². The molecule has 3 N–H and O–H groups in total. The van der Waals surface area contributed by atoms with Gasteiger partial charge >= 0.3 is 6.03 Å². The van der Waals surface area contributed by atoms with Gasteiger partial charge in [-0.2, -0.15) is 4.90 Å². The number of benzene rings is 2. The van der Waals surface area contributed by atoms with Crippen molar-refractivity contribution in [2.75, 3.05) is 11.5 Å². The van der Waals surface area contributed by atoms with Crippen molar-refractivity contribution in [1.29, 1.82) is 0 Å². The third kappa shape index (κ3) is 3.78. The van der Waals surface area contributed by atoms with Gasteiger partial charge in [0.15, 0.2) is 44.5 Å². The minimum absolute atomic E-state index is 0.0488. The highest BCUT2D eigenvalue weighted by molar-refractivity contribution is 6.58. The number of carbonyl (C=O) groups excluding carboxylic acids is 5. The quantitative estimate of drug-likeness (QED) is 0.123. The van der Waals surface area contributed by atoms with Crippen molar-refractivity contribution in [3.05, 3.63) is 64.5 Å². The van der Waals surface area contributed by atoms with Crippen LogP contribution in [0.1, 0.15) is 31.2 Å². The summed E-state index contributed by atoms with van der Waals surface area (Å²) in [5.41, 5.74) is 3.19. The number of likely N-dealkylation sites (tertiary alicyclic amines) is 1. The number of amides is 6. The average Bonchev–Trinajstić information content (AvgIpc) is 3.35. The fraction of sp³-hybridized carbons (Fsp3) is 0.345. The first-order chi connectivity index (χ1) is 21.6. The maximum Gasteiger partial charge on any atom is 0.328 e. The number of phenolic OH excluding ortho intramolecular Hbond substituents is 1. The van der Waals surface area contributed by atoms with E-state index in [2.05, 4.69) is 0 Å². The number of hydrogen-bond donors (Lipinski definition) is 2. The standard InChI is InChI=1S/C29H20Cl2F5N3O7/c1-2-46-13-5-3-4-11(22(13)40)15-9-6-7-10-14(24(42)39(23(10)41)27(37)45)12(9)8-28(30)25(43)38(26(44)29(15,28)31)21-19(35)17(33)16(32)18(34)20(21)36/h3-6,10,12,14-15,40H,2,7-8H2,1H3,(H2,37,45)/t10-,12+,14-,15+,28+,29-/m0/s1. The second-order valence-corrected chi connectivity index (χ2v) is 12.4. The first-order valence-corrected chi connectivity index (χ1v) is 14.4. The molecule has 17 heteroatoms. The highest BCUT2D eigenvalue weighted by Gasteiger charge is 2.77. The molecule has 242 valence electrons. The minimum Gasteiger partial charge on any atom is -0.504 e. The summed E-state index contributed by atoms with van der Waals surface area (Å²) in [6, 6.07) is 2.59. The molecule has 0 bridgehead atoms. The van der Waals surface area contributed by atoms with Crippen LogP contribution in [0, 0.1) is 46.8 Å². The molecule has 1 saturated carbocycles. The molecular formula is C29H20Cl2F5N3O7. The molecule has 2 saturated heterocycles. The number of primary amides is 1. The number of halogens is 7. The third-order valence-electron chi connectivity index (χ3n) is 9.08. The van der Waals surface area contributed by atoms with E-state index in [1.807, 2.05) is 0 Å². The second kappa shape index (κ2) is 10.4. The van der Waals surface area contributed by atoms with Gasteiger partial charge in [-0.25, -0.2) is 31.6 Å². The summed E-state index contributed by atoms with van der Waals surface area (Å²) in [7, 11) is 0. The molecule has 46 heavy (non-hydrogen) atoms. The zero-order valence-electron chi connectivity index (χ0n) is 23.3. The highest BCUT2D eigenvalue weighted by atomic mass is 35.5. The molecule has 4 aliphatic rings. The lowest BCUT2D eigenvalue weighted by Crippen LogP contribution is -2.60. The van der Waals surface area contributed by atoms with Crippen molar-refractivity contribution >= 4 is 58.5 Å². The molecular weight excluding hydrogens is 668 g/mol. The summed E-state index contributed by atoms with van der Waals surface area (Å²) in [5.74, 6) is -24.3. The number of nitrogens with zero attached hydrogens (tertiary/aromatic N) is 2. The number of phenols is 1. The van der Waals surface area contributed by atoms with Gasteiger partial charge in [0.1, 0.15) is 5.69 Å². The predicted molar refractivity (Wildman–Crippen MR) is 147 cm³/mol. The Balaban J connectivity index is 1.63. The van der Waals surface area contributed by atoms with Gasteiger partial charge in [0.25, 0.3) is 11.8 Å². The van der Waals surface area contributed by atoms with Crippen LogP contribution in [0.2, 0.25) is 0 Å². The van der Waals surface area contributed by atoms with Crippen LogP contribution in [-0.4, -0.2) is 56.0 Å². The van der Waals surface area contributed by atoms with Gasteiger partial charge < -0.3 is 15.6 Å². The van der Waals surface area contributed by atoms with E-state index in [1.54, 1.807) is 6.92 Å². The largest absolute Gasteiger partial charge is 0.504 e. The van der Waals surface area contributed by atoms with E-state index in [4.69, 9.17) is 33.7 Å². The molecule has 2 aromatic carbocycles. The zero-order chi connectivity index (χ0) is 33.8. The third-order valence-corrected chi connectivity index (χ3v) is 10.5. The van der Waals surface area contributed by atoms with Crippen LogP contribution in [0.25, 0.3) is 0 Å². The highest BCUT2D eigenvalue weighted by Crippen LogP contribution is 2.67. The summed E-state index contributed by atoms with van der Waals surface area (Å²) >= 11 is 14.0. The number of hydrogen-bond acceptors (Lipinski definition) is 7. The molecule has 0 radical (unpaired) electrons. The number of para-hydroxylation sites is 1. The van der Waals surface area contributed by atoms with Gasteiger partial charge in [-0.1, -0.05) is 23.8 Å². The van der Waals surface area contributed by atoms with Crippen LogP contribution in [0.15, 0.2) is 29.8 Å². The van der Waals surface area contributed by atoms with E-state index in [0.717, 1.165) is 0 Å². The zero-order valence-corrected chi connectivity index (χ0v) is 24.8. The van der Waals surface area contributed by atoms with E-state index in [1.165, 1.54) is 24.3 Å². The molecule has 0 unspecified atom stereocenters. The number of anilines is 1. The summed E-state index contributed by atoms with van der Waals surface area (Å²) in [5, 5.41) is 11.3. The predicted octanol–water partition coefficient (Wildman–Crippen LogP) is 4.13. The molecule has 6 amide bonds. The van der Waals surface area contributed by atoms with Crippen LogP contribution in [0.5, 0.6) is 11.5 Å². The number of urea groups is 1. The number of ether oxygens (including phenoxy) is 1.